The standard InChI is InChI=1S/C25H36N2O6/c1-15(2)27-20(17-11-7-4-8-12-17)18(13-16-9-5-3-6-10-16)24(26-27)33-25-23(31)22(30)21(29)19(14-28)32-25/h3,5-6,9-10,15,17,19,21-23,25,28-31H,4,7-8,11-14H2,1-2H3/t19-,21-,22+,23-,25+/m1/s1. The minimum atomic E-state index is -1.50. The second-order valence-corrected chi connectivity index (χ2v) is 9.52. The van der Waals surface area contributed by atoms with Crippen LogP contribution in [0.1, 0.15) is 74.7 Å². The van der Waals surface area contributed by atoms with Gasteiger partial charge in [-0.25, -0.2) is 0 Å². The van der Waals surface area contributed by atoms with Gasteiger partial charge in [-0.15, -0.1) is 5.10 Å². The highest BCUT2D eigenvalue weighted by Crippen LogP contribution is 2.40. The van der Waals surface area contributed by atoms with Crippen LogP contribution in [0, 0.1) is 0 Å². The van der Waals surface area contributed by atoms with E-state index in [1.165, 1.54) is 19.3 Å². The number of aliphatic hydroxyl groups is 4. The fraction of sp³-hybridized carbons (Fsp3) is 0.640. The van der Waals surface area contributed by atoms with Crippen molar-refractivity contribution >= 4 is 0 Å². The maximum atomic E-state index is 10.5. The lowest BCUT2D eigenvalue weighted by atomic mass is 9.84. The molecule has 0 bridgehead atoms. The highest BCUT2D eigenvalue weighted by Gasteiger charge is 2.45. The average Bonchev–Trinajstić information content (AvgIpc) is 3.18. The summed E-state index contributed by atoms with van der Waals surface area (Å²) in [6.45, 7) is 3.67. The monoisotopic (exact) mass is 460 g/mol. The van der Waals surface area contributed by atoms with Crippen molar-refractivity contribution in [1.29, 1.82) is 0 Å². The first-order valence-electron chi connectivity index (χ1n) is 12.0. The second kappa shape index (κ2) is 10.5. The van der Waals surface area contributed by atoms with Gasteiger partial charge in [-0.05, 0) is 32.3 Å². The molecule has 4 rings (SSSR count). The molecule has 1 saturated heterocycles. The molecule has 1 aromatic heterocycles. The number of benzene rings is 1. The molecule has 0 unspecified atom stereocenters. The molecule has 0 amide bonds. The van der Waals surface area contributed by atoms with E-state index in [9.17, 15) is 20.4 Å². The summed E-state index contributed by atoms with van der Waals surface area (Å²) in [6, 6.07) is 10.2. The quantitative estimate of drug-likeness (QED) is 0.501. The smallest absolute Gasteiger partial charge is 0.239 e. The van der Waals surface area contributed by atoms with Crippen molar-refractivity contribution in [2.75, 3.05) is 6.61 Å². The average molecular weight is 461 g/mol. The molecule has 0 radical (unpaired) electrons. The summed E-state index contributed by atoms with van der Waals surface area (Å²) in [5.74, 6) is 0.733. The van der Waals surface area contributed by atoms with Crippen LogP contribution in [0.5, 0.6) is 5.88 Å². The number of nitrogens with zero attached hydrogens (tertiary/aromatic N) is 2. The van der Waals surface area contributed by atoms with Crippen LogP contribution in [-0.2, 0) is 11.2 Å². The zero-order chi connectivity index (χ0) is 23.5. The predicted molar refractivity (Wildman–Crippen MR) is 122 cm³/mol. The molecular formula is C25H36N2O6. The summed E-state index contributed by atoms with van der Waals surface area (Å²) in [5.41, 5.74) is 3.24. The molecule has 2 heterocycles. The molecule has 8 nitrogen and oxygen atoms in total. The second-order valence-electron chi connectivity index (χ2n) is 9.52. The van der Waals surface area contributed by atoms with Crippen LogP contribution >= 0.6 is 0 Å². The van der Waals surface area contributed by atoms with Crippen LogP contribution in [0.15, 0.2) is 30.3 Å². The van der Waals surface area contributed by atoms with Crippen LogP contribution in [0.4, 0.5) is 0 Å². The Morgan fingerprint density at radius 3 is 2.36 bits per heavy atom. The van der Waals surface area contributed by atoms with E-state index in [2.05, 4.69) is 26.0 Å². The van der Waals surface area contributed by atoms with Gasteiger partial charge in [0.2, 0.25) is 12.2 Å². The minimum absolute atomic E-state index is 0.114. The van der Waals surface area contributed by atoms with Crippen molar-refractivity contribution in [1.82, 2.24) is 9.78 Å². The molecule has 2 aliphatic rings. The summed E-state index contributed by atoms with van der Waals surface area (Å²) in [4.78, 5) is 0. The number of hydrogen-bond donors (Lipinski definition) is 4. The number of aliphatic hydroxyl groups excluding tert-OH is 4. The molecule has 1 aromatic carbocycles. The predicted octanol–water partition coefficient (Wildman–Crippen LogP) is 2.28. The summed E-state index contributed by atoms with van der Waals surface area (Å²) < 4.78 is 13.7. The Morgan fingerprint density at radius 1 is 1.03 bits per heavy atom. The summed E-state index contributed by atoms with van der Waals surface area (Å²) in [7, 11) is 0. The molecule has 5 atom stereocenters. The summed E-state index contributed by atoms with van der Waals surface area (Å²) in [6.07, 6.45) is -0.276. The molecule has 1 saturated carbocycles. The van der Waals surface area contributed by atoms with Crippen LogP contribution < -0.4 is 4.74 Å². The van der Waals surface area contributed by atoms with E-state index >= 15 is 0 Å². The Kier molecular flexibility index (Phi) is 7.71. The number of rotatable bonds is 7. The van der Waals surface area contributed by atoms with E-state index in [4.69, 9.17) is 14.6 Å². The van der Waals surface area contributed by atoms with E-state index in [0.717, 1.165) is 29.7 Å². The van der Waals surface area contributed by atoms with Gasteiger partial charge < -0.3 is 29.9 Å². The van der Waals surface area contributed by atoms with Crippen LogP contribution in [-0.4, -0.2) is 67.5 Å². The van der Waals surface area contributed by atoms with Crippen molar-refractivity contribution in [3.05, 3.63) is 47.2 Å². The number of hydrogen-bond acceptors (Lipinski definition) is 7. The van der Waals surface area contributed by atoms with Gasteiger partial charge in [-0.2, -0.15) is 0 Å². The van der Waals surface area contributed by atoms with Crippen molar-refractivity contribution in [3.8, 4) is 5.88 Å². The lowest BCUT2D eigenvalue weighted by molar-refractivity contribution is -0.278. The molecule has 182 valence electrons. The SMILES string of the molecule is CC(C)n1nc(O[C@@H]2O[C@H](CO)[C@@H](O)[C@H](O)[C@H]2O)c(Cc2ccccc2)c1C1CCCCC1. The minimum Gasteiger partial charge on any atom is -0.443 e. The Labute approximate surface area is 194 Å². The molecule has 4 N–H and O–H groups in total. The van der Waals surface area contributed by atoms with Gasteiger partial charge in [0.15, 0.2) is 0 Å². The third-order valence-electron chi connectivity index (χ3n) is 6.79. The van der Waals surface area contributed by atoms with Crippen LogP contribution in [0.25, 0.3) is 0 Å². The Balaban J connectivity index is 1.73. The Morgan fingerprint density at radius 2 is 1.73 bits per heavy atom. The first kappa shape index (κ1) is 24.2. The lowest BCUT2D eigenvalue weighted by Crippen LogP contribution is -2.60. The highest BCUT2D eigenvalue weighted by atomic mass is 16.7. The van der Waals surface area contributed by atoms with E-state index < -0.39 is 37.3 Å². The molecule has 1 aliphatic heterocycles. The topological polar surface area (TPSA) is 117 Å². The summed E-state index contributed by atoms with van der Waals surface area (Å²) in [5, 5.41) is 45.2. The van der Waals surface area contributed by atoms with Gasteiger partial charge in [0, 0.05) is 29.6 Å². The summed E-state index contributed by atoms with van der Waals surface area (Å²) >= 11 is 0. The molecule has 0 spiro atoms. The largest absolute Gasteiger partial charge is 0.443 e. The van der Waals surface area contributed by atoms with Crippen molar-refractivity contribution < 1.29 is 29.9 Å². The Bertz CT molecular complexity index is 894. The first-order chi connectivity index (χ1) is 15.9. The third kappa shape index (κ3) is 5.10. The zero-order valence-corrected chi connectivity index (χ0v) is 19.4. The van der Waals surface area contributed by atoms with Gasteiger partial charge in [0.05, 0.1) is 6.61 Å². The van der Waals surface area contributed by atoms with Gasteiger partial charge in [-0.3, -0.25) is 4.68 Å². The first-order valence-corrected chi connectivity index (χ1v) is 12.0. The Hall–Kier alpha value is -1.97. The maximum absolute atomic E-state index is 10.5. The highest BCUT2D eigenvalue weighted by molar-refractivity contribution is 5.39. The van der Waals surface area contributed by atoms with E-state index in [-0.39, 0.29) is 6.04 Å². The maximum Gasteiger partial charge on any atom is 0.239 e. The normalized spacial score (nSPS) is 28.9. The lowest BCUT2D eigenvalue weighted by Gasteiger charge is -2.39. The molecule has 2 aromatic rings. The van der Waals surface area contributed by atoms with Crippen LogP contribution in [0.3, 0.4) is 0 Å². The molecular weight excluding hydrogens is 424 g/mol. The number of ether oxygens (including phenoxy) is 2. The molecule has 33 heavy (non-hydrogen) atoms. The van der Waals surface area contributed by atoms with Gasteiger partial charge >= 0.3 is 0 Å². The molecule has 2 fully saturated rings. The zero-order valence-electron chi connectivity index (χ0n) is 19.4. The van der Waals surface area contributed by atoms with Crippen LogP contribution in [0.2, 0.25) is 0 Å². The van der Waals surface area contributed by atoms with E-state index in [1.807, 2.05) is 22.9 Å². The van der Waals surface area contributed by atoms with Gasteiger partial charge in [0.25, 0.3) is 0 Å². The third-order valence-corrected chi connectivity index (χ3v) is 6.79. The number of aromatic nitrogens is 2. The van der Waals surface area contributed by atoms with Crippen molar-refractivity contribution in [2.24, 2.45) is 0 Å². The van der Waals surface area contributed by atoms with Gasteiger partial charge in [-0.1, -0.05) is 49.6 Å². The fourth-order valence-corrected chi connectivity index (χ4v) is 5.00. The molecule has 8 heteroatoms. The van der Waals surface area contributed by atoms with Gasteiger partial charge in [0.1, 0.15) is 24.4 Å². The van der Waals surface area contributed by atoms with Crippen molar-refractivity contribution in [2.45, 2.75) is 95.0 Å². The van der Waals surface area contributed by atoms with E-state index in [0.29, 0.717) is 18.2 Å². The van der Waals surface area contributed by atoms with E-state index in [1.54, 1.807) is 0 Å². The molecule has 1 aliphatic carbocycles. The van der Waals surface area contributed by atoms with Crippen molar-refractivity contribution in [3.63, 3.8) is 0 Å². The fourth-order valence-electron chi connectivity index (χ4n) is 5.00.